The van der Waals surface area contributed by atoms with E-state index in [9.17, 15) is 167 Å². The number of nitrogens with one attached hydrogen (secondary N) is 5. The van der Waals surface area contributed by atoms with Crippen LogP contribution in [0.2, 0.25) is 0 Å². The van der Waals surface area contributed by atoms with Crippen molar-refractivity contribution in [1.29, 1.82) is 0 Å². The van der Waals surface area contributed by atoms with E-state index >= 15 is 0 Å². The van der Waals surface area contributed by atoms with Gasteiger partial charge in [-0.15, -0.1) is 0 Å². The normalized spacial score (nSPS) is 49.5. The molecular formula is C76H127N5O54. The fourth-order valence-electron chi connectivity index (χ4n) is 17.6. The molecular weight excluding hydrogens is 1850 g/mol. The van der Waals surface area contributed by atoms with E-state index in [-0.39, 0.29) is 0 Å². The molecule has 55 atom stereocenters. The highest BCUT2D eigenvalue weighted by Gasteiger charge is 2.63. The Bertz CT molecular complexity index is 3750. The topological polar surface area (TPSA) is 906 Å². The smallest absolute Gasteiger partial charge is 0.217 e. The number of hydrogen-bond acceptors (Lipinski definition) is 54. The molecule has 33 N–H and O–H groups in total. The Morgan fingerprint density at radius 3 is 0.926 bits per heavy atom. The molecule has 59 nitrogen and oxygen atoms in total. The van der Waals surface area contributed by atoms with Crippen LogP contribution in [0.5, 0.6) is 0 Å². The molecule has 0 bridgehead atoms. The van der Waals surface area contributed by atoms with Gasteiger partial charge in [0.25, 0.3) is 0 Å². The van der Waals surface area contributed by atoms with Crippen LogP contribution >= 0.6 is 0 Å². The first-order valence-electron chi connectivity index (χ1n) is 43.4. The van der Waals surface area contributed by atoms with E-state index in [2.05, 4.69) is 26.6 Å². The molecule has 11 aliphatic heterocycles. The fourth-order valence-corrected chi connectivity index (χ4v) is 17.6. The van der Waals surface area contributed by atoms with Crippen LogP contribution in [-0.4, -0.2) is 569 Å². The maximum atomic E-state index is 13.5. The van der Waals surface area contributed by atoms with E-state index in [4.69, 9.17) is 99.5 Å². The van der Waals surface area contributed by atoms with Crippen molar-refractivity contribution in [3.05, 3.63) is 0 Å². The van der Waals surface area contributed by atoms with Crippen molar-refractivity contribution >= 4 is 29.5 Å². The van der Waals surface area contributed by atoms with Gasteiger partial charge in [0.1, 0.15) is 256 Å². The molecule has 11 rings (SSSR count). The lowest BCUT2D eigenvalue weighted by molar-refractivity contribution is -0.409. The van der Waals surface area contributed by atoms with Crippen LogP contribution in [0.25, 0.3) is 0 Å². The zero-order valence-electron chi connectivity index (χ0n) is 73.3. The van der Waals surface area contributed by atoms with E-state index in [0.29, 0.717) is 0 Å². The van der Waals surface area contributed by atoms with Gasteiger partial charge in [0.15, 0.2) is 69.2 Å². The molecule has 1 unspecified atom stereocenters. The van der Waals surface area contributed by atoms with E-state index < -0.39 is 426 Å². The van der Waals surface area contributed by atoms with Gasteiger partial charge in [-0.3, -0.25) is 24.0 Å². The maximum Gasteiger partial charge on any atom is 0.217 e. The molecule has 0 radical (unpaired) electrons. The number of hydrogen-bond donors (Lipinski definition) is 33. The molecule has 11 heterocycles. The number of aliphatic hydroxyl groups is 28. The SMILES string of the molecule is CC(=O)N[C@@H]1[C@H](O[C@@H]2[C@@H](O[C@@H]3[C@H](O)[C@H](O[C@H]4[C@H](O)[C@@H](NC(C)=O)[C@H](O[C@H]5[C@H](O)[C@@H](NC(C)=O)C(O)O[C@@H]5CO[C@@H]5O[C@@H](C)[C@@H](O)[C@@H](O)[C@@H]5O)O[C@@H]4CO)O[C@H](CO[C@H]4O[C@H](CO)[C@@H](O)[C@H](O)[C@@H]4O[C@@H]4O[C@H](CO)[C@@H](O)[C@H](O[C@@H]5O[C@@H](C)[C@@H](O)[C@@H](O)[C@@H]5O)[C@H]4NC(C)=O)[C@H]3O[C@@H]3O[C@H](CO)[C@@H](O)[C@H](O)[C@H]3NC(C)=O)O[C@H](CO)[C@@H](O)[C@@H]2O)O[C@H](CO)[C@@H](O[C@@H]2O[C@H](CO)[C@H](O)[C@H](O)[C@H]2O)[C@@H]1O. The summed E-state index contributed by atoms with van der Waals surface area (Å²) in [4.78, 5) is 65.9. The molecule has 11 aliphatic rings. The fraction of sp³-hybridized carbons (Fsp3) is 0.934. The minimum absolute atomic E-state index is 0.878. The van der Waals surface area contributed by atoms with Gasteiger partial charge >= 0.3 is 0 Å². The van der Waals surface area contributed by atoms with E-state index in [0.717, 1.165) is 34.6 Å². The van der Waals surface area contributed by atoms with Crippen LogP contribution < -0.4 is 26.6 Å². The van der Waals surface area contributed by atoms with E-state index in [1.54, 1.807) is 0 Å². The summed E-state index contributed by atoms with van der Waals surface area (Å²) in [6.45, 7) is -3.61. The van der Waals surface area contributed by atoms with Crippen LogP contribution in [0.15, 0.2) is 0 Å². The zero-order valence-corrected chi connectivity index (χ0v) is 73.3. The number of carbonyl (C=O) groups excluding carboxylic acids is 5. The van der Waals surface area contributed by atoms with Crippen LogP contribution in [0.3, 0.4) is 0 Å². The Balaban J connectivity index is 1.02. The standard InChI is InChI=1S/C76H127N5O54/c1-17-38(94)49(105)54(110)71(117-17)115-15-31-60(46(102)33(66(114)119-31)77-19(3)89)128-68-35(79-21(5)91)47(103)59(30(14-88)125-68)130-74-57(113)63(133-76-65(53(109)43(99)27(11-85)124-76)135-69-36(80-22(6)92)48(104)58(29(13-87)126-69)129-73-56(112)51(107)41(97)25(9-83)122-73)61(131-67-34(78-20(4)90)45(101)40(96)24(8-82)120-67)32(127-74)16-116-75-64(52(108)42(98)26(10-84)123-75)134-70-37(81-23(7)93)62(44(100)28(12-86)121-70)132-72-55(111)50(106)39(95)18(2)118-72/h17-18,24-76,82-88,94-114H,8-16H2,1-7H3,(H,77,89)(H,78,90)(H,79,91)(H,80,92)(H,81,93)/t17-,18-,24+,25+,26+,27+,28+,29+,30+,31+,32+,33+,34+,35+,36-,37+,38+,39+,40+,41-,42+,43+,44+,45+,46+,47+,48+,49+,50+,51-,52-,53-,54-,55-,56+,57-,58+,59+,60+,61+,62+,63+,64-,65-,66?,67-,68-,69-,70-,71+,72-,73-,74-,75-,76+/m0/s1. The summed E-state index contributed by atoms with van der Waals surface area (Å²) >= 11 is 0. The Labute approximate surface area is 765 Å². The Morgan fingerprint density at radius 2 is 0.474 bits per heavy atom. The second-order valence-corrected chi connectivity index (χ2v) is 34.5. The number of aliphatic hydroxyl groups excluding tert-OH is 28. The van der Waals surface area contributed by atoms with Crippen molar-refractivity contribution in [1.82, 2.24) is 26.6 Å². The quantitative estimate of drug-likeness (QED) is 0.0284. The summed E-state index contributed by atoms with van der Waals surface area (Å²) < 4.78 is 128. The molecule has 0 aromatic rings. The van der Waals surface area contributed by atoms with Gasteiger partial charge in [0.05, 0.1) is 71.7 Å². The molecule has 0 saturated carbocycles. The molecule has 59 heteroatoms. The molecule has 0 spiro atoms. The van der Waals surface area contributed by atoms with Crippen LogP contribution in [0.1, 0.15) is 48.5 Å². The summed E-state index contributed by atoms with van der Waals surface area (Å²) in [5, 5.41) is 330. The number of rotatable bonds is 34. The van der Waals surface area contributed by atoms with Crippen molar-refractivity contribution in [3.63, 3.8) is 0 Å². The highest BCUT2D eigenvalue weighted by atomic mass is 16.8. The lowest BCUT2D eigenvalue weighted by Crippen LogP contribution is -2.72. The third kappa shape index (κ3) is 24.7. The lowest BCUT2D eigenvalue weighted by atomic mass is 9.93. The molecule has 0 aromatic heterocycles. The van der Waals surface area contributed by atoms with Crippen molar-refractivity contribution in [3.8, 4) is 0 Å². The van der Waals surface area contributed by atoms with E-state index in [1.807, 2.05) is 0 Å². The van der Waals surface area contributed by atoms with Gasteiger partial charge in [-0.2, -0.15) is 0 Å². The third-order valence-electron chi connectivity index (χ3n) is 24.9. The minimum Gasteiger partial charge on any atom is -0.394 e. The first-order chi connectivity index (χ1) is 63.8. The van der Waals surface area contributed by atoms with Gasteiger partial charge in [-0.25, -0.2) is 0 Å². The average Bonchev–Trinajstić information content (AvgIpc) is 0.755. The predicted molar refractivity (Wildman–Crippen MR) is 417 cm³/mol. The highest BCUT2D eigenvalue weighted by Crippen LogP contribution is 2.42. The van der Waals surface area contributed by atoms with Gasteiger partial charge in [0, 0.05) is 34.6 Å². The summed E-state index contributed by atoms with van der Waals surface area (Å²) in [5.41, 5.74) is 0. The molecule has 780 valence electrons. The third-order valence-corrected chi connectivity index (χ3v) is 24.9. The molecule has 135 heavy (non-hydrogen) atoms. The number of ether oxygens (including phenoxy) is 21. The summed E-state index contributed by atoms with van der Waals surface area (Å²) in [6, 6.07) is -10.0. The molecule has 11 fully saturated rings. The molecule has 0 aliphatic carbocycles. The van der Waals surface area contributed by atoms with Crippen LogP contribution in [0, 0.1) is 0 Å². The molecule has 5 amide bonds. The van der Waals surface area contributed by atoms with Crippen LogP contribution in [0.4, 0.5) is 0 Å². The van der Waals surface area contributed by atoms with Gasteiger partial charge in [-0.05, 0) is 13.8 Å². The Morgan fingerprint density at radius 1 is 0.207 bits per heavy atom. The summed E-state index contributed by atoms with van der Waals surface area (Å²) in [6.07, 6.45) is -107. The second-order valence-electron chi connectivity index (χ2n) is 34.5. The van der Waals surface area contributed by atoms with Gasteiger partial charge < -0.3 is 269 Å². The Kier molecular flexibility index (Phi) is 39.5. The first kappa shape index (κ1) is 111. The highest BCUT2D eigenvalue weighted by molar-refractivity contribution is 5.75. The molecule has 11 saturated heterocycles. The monoisotopic (exact) mass is 1970 g/mol. The van der Waals surface area contributed by atoms with Crippen molar-refractivity contribution in [2.45, 2.75) is 386 Å². The maximum absolute atomic E-state index is 13.5. The van der Waals surface area contributed by atoms with Crippen molar-refractivity contribution in [2.24, 2.45) is 0 Å². The summed E-state index contributed by atoms with van der Waals surface area (Å²) in [5.74, 6) is -4.95. The first-order valence-corrected chi connectivity index (χ1v) is 43.4. The van der Waals surface area contributed by atoms with Crippen molar-refractivity contribution in [2.75, 3.05) is 59.5 Å². The number of amides is 5. The lowest BCUT2D eigenvalue weighted by Gasteiger charge is -2.52. The largest absolute Gasteiger partial charge is 0.394 e. The second kappa shape index (κ2) is 48.2. The molecule has 0 aromatic carbocycles. The summed E-state index contributed by atoms with van der Waals surface area (Å²) in [7, 11) is 0. The predicted octanol–water partition coefficient (Wildman–Crippen LogP) is -22.2. The van der Waals surface area contributed by atoms with Gasteiger partial charge in [-0.1, -0.05) is 0 Å². The van der Waals surface area contributed by atoms with Gasteiger partial charge in [0.2, 0.25) is 29.5 Å². The average molecular weight is 1970 g/mol. The zero-order chi connectivity index (χ0) is 99.4. The minimum atomic E-state index is -2.82. The van der Waals surface area contributed by atoms with Crippen LogP contribution in [-0.2, 0) is 123 Å². The van der Waals surface area contributed by atoms with Crippen molar-refractivity contribution < 1.29 is 266 Å². The number of carbonyl (C=O) groups is 5. The van der Waals surface area contributed by atoms with E-state index in [1.165, 1.54) is 13.8 Å². The Hall–Kier alpha value is -4.61.